The number of nitrogens with zero attached hydrogens (tertiary/aromatic N) is 4. The highest BCUT2D eigenvalue weighted by Gasteiger charge is 2.31. The second-order valence-electron chi connectivity index (χ2n) is 11.1. The molecule has 1 aromatic heterocycles. The molecule has 9 rings (SSSR count). The summed E-state index contributed by atoms with van der Waals surface area (Å²) >= 11 is 0. The van der Waals surface area contributed by atoms with E-state index in [0.717, 1.165) is 71.9 Å². The van der Waals surface area contributed by atoms with Crippen molar-refractivity contribution in [3.8, 4) is 0 Å². The van der Waals surface area contributed by atoms with Gasteiger partial charge >= 0.3 is 5.97 Å². The standard InChI is InChI=1S/C32H34N4O3/c1-20-27-13-14-28-30(20)33-34-36(28)16-5-3-4-6-22-7-9-24(10-8-22)31(37)35-17-15-23-11-12-25(18-26(23)19-35)29(27)21(2)32(38)39/h7-14,18,21,29H,3-6,15-17,19H2,1-2H3,(H,38,39)/t21-,29-/m1/s1. The van der Waals surface area contributed by atoms with Crippen LogP contribution in [0.15, 0.2) is 54.6 Å². The Balaban J connectivity index is 1.46. The summed E-state index contributed by atoms with van der Waals surface area (Å²) in [6, 6.07) is 18.5. The normalized spacial score (nSPS) is 18.6. The van der Waals surface area contributed by atoms with Gasteiger partial charge in [0, 0.05) is 31.1 Å². The van der Waals surface area contributed by atoms with Gasteiger partial charge in [-0.3, -0.25) is 9.59 Å². The quantitative estimate of drug-likeness (QED) is 0.375. The minimum Gasteiger partial charge on any atom is -0.481 e. The van der Waals surface area contributed by atoms with Gasteiger partial charge in [-0.1, -0.05) is 55.0 Å². The molecule has 7 nitrogen and oxygen atoms in total. The van der Waals surface area contributed by atoms with Crippen LogP contribution in [0.3, 0.4) is 0 Å². The Kier molecular flexibility index (Phi) is 6.67. The third-order valence-electron chi connectivity index (χ3n) is 8.63. The fraction of sp³-hybridized carbons (Fsp3) is 0.375. The Hall–Kier alpha value is -4.00. The van der Waals surface area contributed by atoms with E-state index < -0.39 is 11.9 Å². The smallest absolute Gasteiger partial charge is 0.307 e. The molecule has 0 aliphatic carbocycles. The Labute approximate surface area is 228 Å². The third-order valence-corrected chi connectivity index (χ3v) is 8.63. The Morgan fingerprint density at radius 1 is 0.974 bits per heavy atom. The molecule has 0 saturated heterocycles. The van der Waals surface area contributed by atoms with E-state index >= 15 is 0 Å². The van der Waals surface area contributed by atoms with E-state index in [4.69, 9.17) is 0 Å². The molecular formula is C32H34N4O3. The van der Waals surface area contributed by atoms with Crippen LogP contribution in [0.2, 0.25) is 0 Å². The van der Waals surface area contributed by atoms with Gasteiger partial charge in [-0.25, -0.2) is 4.68 Å². The molecule has 7 heteroatoms. The van der Waals surface area contributed by atoms with Crippen molar-refractivity contribution in [3.05, 3.63) is 93.5 Å². The van der Waals surface area contributed by atoms with Crippen LogP contribution < -0.4 is 0 Å². The maximum absolute atomic E-state index is 13.4. The van der Waals surface area contributed by atoms with Crippen LogP contribution in [0.5, 0.6) is 0 Å². The van der Waals surface area contributed by atoms with Crippen LogP contribution in [0.25, 0.3) is 11.0 Å². The number of carboxylic acid groups (broad SMARTS) is 1. The summed E-state index contributed by atoms with van der Waals surface area (Å²) in [6.45, 7) is 5.78. The maximum Gasteiger partial charge on any atom is 0.307 e. The molecule has 5 aliphatic heterocycles. The lowest BCUT2D eigenvalue weighted by Crippen LogP contribution is -2.36. The molecule has 0 saturated carbocycles. The summed E-state index contributed by atoms with van der Waals surface area (Å²) in [7, 11) is 0. The van der Waals surface area contributed by atoms with Gasteiger partial charge < -0.3 is 10.0 Å². The molecule has 0 fully saturated rings. The second-order valence-corrected chi connectivity index (χ2v) is 11.1. The number of benzene rings is 3. The molecule has 0 unspecified atom stereocenters. The zero-order chi connectivity index (χ0) is 27.1. The van der Waals surface area contributed by atoms with Gasteiger partial charge in [-0.05, 0) is 84.2 Å². The number of aromatic nitrogens is 3. The molecule has 0 radical (unpaired) electrons. The number of carbonyl (C=O) groups excluding carboxylic acids is 1. The van der Waals surface area contributed by atoms with Crippen LogP contribution in [-0.4, -0.2) is 43.4 Å². The number of aryl methyl sites for hydroxylation is 3. The van der Waals surface area contributed by atoms with Crippen molar-refractivity contribution < 1.29 is 14.7 Å². The van der Waals surface area contributed by atoms with E-state index in [1.807, 2.05) is 34.7 Å². The van der Waals surface area contributed by atoms with Gasteiger partial charge in [-0.15, -0.1) is 5.10 Å². The lowest BCUT2D eigenvalue weighted by atomic mass is 9.78. The summed E-state index contributed by atoms with van der Waals surface area (Å²) in [5.41, 5.74) is 8.96. The first-order valence-electron chi connectivity index (χ1n) is 14.0. The molecule has 2 atom stereocenters. The van der Waals surface area contributed by atoms with Crippen molar-refractivity contribution in [1.29, 1.82) is 0 Å². The van der Waals surface area contributed by atoms with Gasteiger partial charge in [0.25, 0.3) is 5.91 Å². The zero-order valence-electron chi connectivity index (χ0n) is 22.6. The fourth-order valence-electron chi connectivity index (χ4n) is 6.27. The molecule has 9 bridgehead atoms. The van der Waals surface area contributed by atoms with E-state index in [2.05, 4.69) is 46.7 Å². The molecule has 5 aliphatic rings. The highest BCUT2D eigenvalue weighted by molar-refractivity contribution is 5.94. The van der Waals surface area contributed by atoms with Gasteiger partial charge in [0.05, 0.1) is 11.4 Å². The SMILES string of the molecule is Cc1c2ccc3c1nnn3CCCCCc1ccc(cc1)C(=O)N1CCc3ccc(cc3C1)[C@H]2[C@@H](C)C(=O)O. The number of aliphatic carboxylic acids is 1. The first-order chi connectivity index (χ1) is 18.9. The molecule has 4 aromatic rings. The van der Waals surface area contributed by atoms with Crippen molar-refractivity contribution in [2.45, 2.75) is 65.0 Å². The van der Waals surface area contributed by atoms with E-state index in [9.17, 15) is 14.7 Å². The predicted molar refractivity (Wildman–Crippen MR) is 150 cm³/mol. The topological polar surface area (TPSA) is 88.3 Å². The molecule has 1 N–H and O–H groups in total. The van der Waals surface area contributed by atoms with Gasteiger partial charge in [-0.2, -0.15) is 0 Å². The Morgan fingerprint density at radius 3 is 2.59 bits per heavy atom. The number of carbonyl (C=O) groups is 2. The van der Waals surface area contributed by atoms with E-state index in [-0.39, 0.29) is 11.8 Å². The first-order valence-corrected chi connectivity index (χ1v) is 14.0. The van der Waals surface area contributed by atoms with Crippen molar-refractivity contribution in [3.63, 3.8) is 0 Å². The molecule has 200 valence electrons. The van der Waals surface area contributed by atoms with Crippen molar-refractivity contribution >= 4 is 22.9 Å². The predicted octanol–water partition coefficient (Wildman–Crippen LogP) is 5.52. The number of hydrogen-bond donors (Lipinski definition) is 1. The summed E-state index contributed by atoms with van der Waals surface area (Å²) in [5.74, 6) is -1.79. The summed E-state index contributed by atoms with van der Waals surface area (Å²) in [5, 5.41) is 19.1. The average Bonchev–Trinajstić information content (AvgIpc) is 3.37. The minimum absolute atomic E-state index is 0.0441. The molecular weight excluding hydrogens is 488 g/mol. The maximum atomic E-state index is 13.4. The number of rotatable bonds is 2. The van der Waals surface area contributed by atoms with Gasteiger partial charge in [0.1, 0.15) is 5.52 Å². The fourth-order valence-corrected chi connectivity index (χ4v) is 6.27. The van der Waals surface area contributed by atoms with Crippen molar-refractivity contribution in [2.75, 3.05) is 6.54 Å². The Bertz CT molecular complexity index is 1560. The highest BCUT2D eigenvalue weighted by Crippen LogP contribution is 2.38. The van der Waals surface area contributed by atoms with Gasteiger partial charge in [0.15, 0.2) is 0 Å². The van der Waals surface area contributed by atoms with E-state index in [1.54, 1.807) is 6.92 Å². The van der Waals surface area contributed by atoms with Crippen LogP contribution in [-0.2, 0) is 30.7 Å². The van der Waals surface area contributed by atoms with E-state index in [1.165, 1.54) is 11.1 Å². The number of carboxylic acids is 1. The number of amides is 1. The monoisotopic (exact) mass is 522 g/mol. The first kappa shape index (κ1) is 25.3. The summed E-state index contributed by atoms with van der Waals surface area (Å²) < 4.78 is 1.97. The third kappa shape index (κ3) is 4.71. The minimum atomic E-state index is -0.841. The lowest BCUT2D eigenvalue weighted by Gasteiger charge is -2.31. The average molecular weight is 523 g/mol. The lowest BCUT2D eigenvalue weighted by molar-refractivity contribution is -0.141. The molecule has 1 amide bonds. The van der Waals surface area contributed by atoms with Crippen LogP contribution in [0, 0.1) is 12.8 Å². The molecule has 39 heavy (non-hydrogen) atoms. The zero-order valence-corrected chi connectivity index (χ0v) is 22.6. The van der Waals surface area contributed by atoms with Gasteiger partial charge in [0.2, 0.25) is 0 Å². The van der Waals surface area contributed by atoms with Crippen LogP contribution in [0.1, 0.15) is 75.8 Å². The summed E-state index contributed by atoms with van der Waals surface area (Å²) in [4.78, 5) is 27.6. The largest absolute Gasteiger partial charge is 0.481 e. The highest BCUT2D eigenvalue weighted by atomic mass is 16.4. The van der Waals surface area contributed by atoms with E-state index in [0.29, 0.717) is 18.7 Å². The molecule has 3 aromatic carbocycles. The molecule has 0 spiro atoms. The van der Waals surface area contributed by atoms with Crippen LogP contribution >= 0.6 is 0 Å². The second kappa shape index (κ2) is 10.3. The summed E-state index contributed by atoms with van der Waals surface area (Å²) in [6.07, 6.45) is 4.91. The Morgan fingerprint density at radius 2 is 1.79 bits per heavy atom. The number of hydrogen-bond acceptors (Lipinski definition) is 4. The van der Waals surface area contributed by atoms with Crippen molar-refractivity contribution in [2.24, 2.45) is 5.92 Å². The van der Waals surface area contributed by atoms with Crippen molar-refractivity contribution in [1.82, 2.24) is 19.9 Å². The van der Waals surface area contributed by atoms with Crippen LogP contribution in [0.4, 0.5) is 0 Å². The molecule has 6 heterocycles.